The van der Waals surface area contributed by atoms with Gasteiger partial charge in [-0.15, -0.1) is 0 Å². The molecule has 1 amide bonds. The Balaban J connectivity index is 1.54. The molecule has 0 aliphatic heterocycles. The predicted molar refractivity (Wildman–Crippen MR) is 131 cm³/mol. The van der Waals surface area contributed by atoms with E-state index in [9.17, 15) is 4.79 Å². The predicted octanol–water partition coefficient (Wildman–Crippen LogP) is 5.98. The minimum absolute atomic E-state index is 0.0712. The first kappa shape index (κ1) is 21.6. The number of anilines is 1. The second-order valence-electron chi connectivity index (χ2n) is 7.91. The molecule has 1 N–H and O–H groups in total. The largest absolute Gasteiger partial charge is 0.495 e. The Morgan fingerprint density at radius 3 is 2.44 bits per heavy atom. The average molecular weight is 425 g/mol. The van der Waals surface area contributed by atoms with Gasteiger partial charge in [-0.25, -0.2) is 0 Å². The first-order chi connectivity index (χ1) is 15.6. The number of carbonyl (C=O) groups is 1. The van der Waals surface area contributed by atoms with Crippen LogP contribution in [0.4, 0.5) is 5.69 Å². The molecular weight excluding hydrogens is 396 g/mol. The standard InChI is InChI=1S/C28H28N2O2/c1-20(24-15-9-13-22-10-7-8-14-25(22)24)29-19-21-16-17-27(32-3)26(18-21)30(2)28(31)23-11-5-4-6-12-23/h4-18,20,29H,19H2,1-3H3/t20-/m1/s1. The molecule has 0 fully saturated rings. The third-order valence-corrected chi connectivity index (χ3v) is 5.83. The molecule has 162 valence electrons. The molecule has 4 rings (SSSR count). The minimum Gasteiger partial charge on any atom is -0.495 e. The number of ether oxygens (including phenoxy) is 1. The van der Waals surface area contributed by atoms with Crippen molar-refractivity contribution in [2.45, 2.75) is 19.5 Å². The van der Waals surface area contributed by atoms with Crippen molar-refractivity contribution in [2.24, 2.45) is 0 Å². The van der Waals surface area contributed by atoms with Crippen LogP contribution in [0.5, 0.6) is 5.75 Å². The monoisotopic (exact) mass is 424 g/mol. The molecule has 4 aromatic rings. The summed E-state index contributed by atoms with van der Waals surface area (Å²) in [7, 11) is 3.41. The lowest BCUT2D eigenvalue weighted by Gasteiger charge is -2.22. The van der Waals surface area contributed by atoms with Crippen LogP contribution in [0.3, 0.4) is 0 Å². The molecule has 0 bridgehead atoms. The van der Waals surface area contributed by atoms with E-state index in [2.05, 4.69) is 54.7 Å². The first-order valence-corrected chi connectivity index (χ1v) is 10.8. The molecule has 0 saturated carbocycles. The fraction of sp³-hybridized carbons (Fsp3) is 0.179. The number of nitrogens with one attached hydrogen (secondary N) is 1. The van der Waals surface area contributed by atoms with E-state index in [1.807, 2.05) is 48.5 Å². The van der Waals surface area contributed by atoms with Crippen LogP contribution in [0.2, 0.25) is 0 Å². The van der Waals surface area contributed by atoms with Crippen LogP contribution in [0.25, 0.3) is 10.8 Å². The van der Waals surface area contributed by atoms with E-state index in [-0.39, 0.29) is 11.9 Å². The van der Waals surface area contributed by atoms with Crippen LogP contribution in [-0.4, -0.2) is 20.1 Å². The Kier molecular flexibility index (Phi) is 6.52. The summed E-state index contributed by atoms with van der Waals surface area (Å²) in [4.78, 5) is 14.6. The van der Waals surface area contributed by atoms with Gasteiger partial charge in [-0.2, -0.15) is 0 Å². The number of nitrogens with zero attached hydrogens (tertiary/aromatic N) is 1. The highest BCUT2D eigenvalue weighted by atomic mass is 16.5. The van der Waals surface area contributed by atoms with Crippen LogP contribution in [0.1, 0.15) is 34.5 Å². The van der Waals surface area contributed by atoms with Crippen LogP contribution < -0.4 is 15.0 Å². The van der Waals surface area contributed by atoms with Gasteiger partial charge < -0.3 is 15.0 Å². The van der Waals surface area contributed by atoms with Crippen molar-refractivity contribution in [3.8, 4) is 5.75 Å². The summed E-state index contributed by atoms with van der Waals surface area (Å²) in [6.07, 6.45) is 0. The molecule has 4 heteroatoms. The lowest BCUT2D eigenvalue weighted by Crippen LogP contribution is -2.27. The number of amides is 1. The van der Waals surface area contributed by atoms with Gasteiger partial charge in [0.25, 0.3) is 5.91 Å². The van der Waals surface area contributed by atoms with E-state index in [0.29, 0.717) is 17.9 Å². The number of hydrogen-bond donors (Lipinski definition) is 1. The zero-order valence-electron chi connectivity index (χ0n) is 18.7. The maximum absolute atomic E-state index is 13.0. The second-order valence-corrected chi connectivity index (χ2v) is 7.91. The smallest absolute Gasteiger partial charge is 0.258 e. The van der Waals surface area contributed by atoms with Gasteiger partial charge in [0.05, 0.1) is 12.8 Å². The molecular formula is C28H28N2O2. The van der Waals surface area contributed by atoms with Crippen molar-refractivity contribution in [1.82, 2.24) is 5.32 Å². The van der Waals surface area contributed by atoms with Gasteiger partial charge >= 0.3 is 0 Å². The summed E-state index contributed by atoms with van der Waals surface area (Å²) >= 11 is 0. The van der Waals surface area contributed by atoms with Gasteiger partial charge in [0.1, 0.15) is 5.75 Å². The summed E-state index contributed by atoms with van der Waals surface area (Å²) < 4.78 is 5.54. The molecule has 0 saturated heterocycles. The summed E-state index contributed by atoms with van der Waals surface area (Å²) in [5, 5.41) is 6.13. The van der Waals surface area contributed by atoms with E-state index in [1.54, 1.807) is 19.1 Å². The summed E-state index contributed by atoms with van der Waals surface area (Å²) in [5.41, 5.74) is 3.75. The number of rotatable bonds is 7. The minimum atomic E-state index is -0.0712. The molecule has 0 heterocycles. The van der Waals surface area contributed by atoms with Crippen molar-refractivity contribution >= 4 is 22.4 Å². The molecule has 1 atom stereocenters. The Morgan fingerprint density at radius 2 is 1.66 bits per heavy atom. The number of hydrogen-bond acceptors (Lipinski definition) is 3. The molecule has 0 aliphatic carbocycles. The molecule has 4 aromatic carbocycles. The molecule has 0 spiro atoms. The van der Waals surface area contributed by atoms with Crippen LogP contribution in [0.15, 0.2) is 91.0 Å². The van der Waals surface area contributed by atoms with Gasteiger partial charge in [0.2, 0.25) is 0 Å². The van der Waals surface area contributed by atoms with Gasteiger partial charge in [0.15, 0.2) is 0 Å². The topological polar surface area (TPSA) is 41.6 Å². The quantitative estimate of drug-likeness (QED) is 0.397. The third-order valence-electron chi connectivity index (χ3n) is 5.83. The number of benzene rings is 4. The summed E-state index contributed by atoms with van der Waals surface area (Å²) in [6, 6.07) is 30.3. The van der Waals surface area contributed by atoms with E-state index in [4.69, 9.17) is 4.74 Å². The third kappa shape index (κ3) is 4.51. The highest BCUT2D eigenvalue weighted by Crippen LogP contribution is 2.30. The Bertz CT molecular complexity index is 1220. The van der Waals surface area contributed by atoms with Gasteiger partial charge in [-0.3, -0.25) is 4.79 Å². The zero-order valence-corrected chi connectivity index (χ0v) is 18.7. The number of methoxy groups -OCH3 is 1. The van der Waals surface area contributed by atoms with Gasteiger partial charge in [-0.1, -0.05) is 66.7 Å². The Labute approximate surface area is 189 Å². The summed E-state index contributed by atoms with van der Waals surface area (Å²) in [5.74, 6) is 0.598. The number of fused-ring (bicyclic) bond motifs is 1. The van der Waals surface area contributed by atoms with E-state index in [0.717, 1.165) is 11.3 Å². The van der Waals surface area contributed by atoms with E-state index < -0.39 is 0 Å². The average Bonchev–Trinajstić information content (AvgIpc) is 2.86. The number of carbonyl (C=O) groups excluding carboxylic acids is 1. The SMILES string of the molecule is COc1ccc(CN[C@H](C)c2cccc3ccccc23)cc1N(C)C(=O)c1ccccc1. The molecule has 0 unspecified atom stereocenters. The fourth-order valence-electron chi connectivity index (χ4n) is 4.00. The van der Waals surface area contributed by atoms with Crippen molar-refractivity contribution in [3.05, 3.63) is 108 Å². The van der Waals surface area contributed by atoms with Gasteiger partial charge in [-0.05, 0) is 53.1 Å². The highest BCUT2D eigenvalue weighted by molar-refractivity contribution is 6.06. The van der Waals surface area contributed by atoms with Crippen LogP contribution >= 0.6 is 0 Å². The molecule has 0 aromatic heterocycles. The second kappa shape index (κ2) is 9.67. The zero-order chi connectivity index (χ0) is 22.5. The lowest BCUT2D eigenvalue weighted by atomic mass is 9.99. The summed E-state index contributed by atoms with van der Waals surface area (Å²) in [6.45, 7) is 2.85. The van der Waals surface area contributed by atoms with E-state index in [1.165, 1.54) is 16.3 Å². The Morgan fingerprint density at radius 1 is 0.938 bits per heavy atom. The van der Waals surface area contributed by atoms with Crippen LogP contribution in [0, 0.1) is 0 Å². The van der Waals surface area contributed by atoms with Gasteiger partial charge in [0, 0.05) is 25.2 Å². The van der Waals surface area contributed by atoms with Crippen molar-refractivity contribution < 1.29 is 9.53 Å². The first-order valence-electron chi connectivity index (χ1n) is 10.8. The maximum atomic E-state index is 13.0. The van der Waals surface area contributed by atoms with Crippen molar-refractivity contribution in [1.29, 1.82) is 0 Å². The highest BCUT2D eigenvalue weighted by Gasteiger charge is 2.18. The maximum Gasteiger partial charge on any atom is 0.258 e. The van der Waals surface area contributed by atoms with Crippen molar-refractivity contribution in [3.63, 3.8) is 0 Å². The molecule has 0 radical (unpaired) electrons. The Hall–Kier alpha value is -3.63. The van der Waals surface area contributed by atoms with Crippen molar-refractivity contribution in [2.75, 3.05) is 19.1 Å². The van der Waals surface area contributed by atoms with E-state index >= 15 is 0 Å². The molecule has 32 heavy (non-hydrogen) atoms. The fourth-order valence-corrected chi connectivity index (χ4v) is 4.00. The normalized spacial score (nSPS) is 11.8. The van der Waals surface area contributed by atoms with Crippen LogP contribution in [-0.2, 0) is 6.54 Å². The lowest BCUT2D eigenvalue weighted by molar-refractivity contribution is 0.0992. The molecule has 0 aliphatic rings. The molecule has 4 nitrogen and oxygen atoms in total.